The summed E-state index contributed by atoms with van der Waals surface area (Å²) < 4.78 is 1.75. The molecule has 2 N–H and O–H groups in total. The van der Waals surface area contributed by atoms with Crippen LogP contribution in [0.1, 0.15) is 30.0 Å². The number of nitrogens with zero attached hydrogens (tertiary/aromatic N) is 3. The van der Waals surface area contributed by atoms with Crippen LogP contribution in [-0.2, 0) is 17.3 Å². The van der Waals surface area contributed by atoms with Gasteiger partial charge in [-0.3, -0.25) is 9.48 Å². The molecular weight excluding hydrogens is 446 g/mol. The Hall–Kier alpha value is -3.48. The summed E-state index contributed by atoms with van der Waals surface area (Å²) in [5.74, 6) is 0.374. The summed E-state index contributed by atoms with van der Waals surface area (Å²) in [6, 6.07) is 21.1. The Morgan fingerprint density at radius 1 is 1.03 bits per heavy atom. The summed E-state index contributed by atoms with van der Waals surface area (Å²) in [7, 11) is 1.88. The number of aromatic nitrogens is 3. The van der Waals surface area contributed by atoms with Crippen molar-refractivity contribution >= 4 is 23.3 Å². The van der Waals surface area contributed by atoms with Gasteiger partial charge >= 0.3 is 0 Å². The van der Waals surface area contributed by atoms with Crippen LogP contribution in [0.25, 0.3) is 11.1 Å². The highest BCUT2D eigenvalue weighted by atomic mass is 35.5. The molecule has 1 aliphatic carbocycles. The highest BCUT2D eigenvalue weighted by Gasteiger charge is 2.44. The molecule has 0 saturated heterocycles. The van der Waals surface area contributed by atoms with Crippen molar-refractivity contribution in [1.29, 1.82) is 0 Å². The number of rotatable bonds is 8. The van der Waals surface area contributed by atoms with E-state index in [4.69, 9.17) is 11.6 Å². The van der Waals surface area contributed by atoms with E-state index in [0.29, 0.717) is 12.4 Å². The Balaban J connectivity index is 1.31. The fourth-order valence-electron chi connectivity index (χ4n) is 4.23. The molecule has 2 heterocycles. The maximum atomic E-state index is 13.3. The van der Waals surface area contributed by atoms with E-state index in [2.05, 4.69) is 32.8 Å². The molecule has 1 fully saturated rings. The van der Waals surface area contributed by atoms with E-state index < -0.39 is 6.04 Å². The molecule has 172 valence electrons. The smallest absolute Gasteiger partial charge is 0.247 e. The zero-order valence-corrected chi connectivity index (χ0v) is 19.7. The minimum Gasteiger partial charge on any atom is -0.309 e. The minimum absolute atomic E-state index is 0.0432. The summed E-state index contributed by atoms with van der Waals surface area (Å²) >= 11 is 6.08. The molecule has 0 spiro atoms. The molecule has 6 nitrogen and oxygen atoms in total. The van der Waals surface area contributed by atoms with Crippen LogP contribution in [0.15, 0.2) is 85.3 Å². The average molecular weight is 472 g/mol. The molecule has 1 amide bonds. The number of benzene rings is 2. The minimum atomic E-state index is -0.495. The largest absolute Gasteiger partial charge is 0.309 e. The van der Waals surface area contributed by atoms with Gasteiger partial charge in [0.2, 0.25) is 5.91 Å². The van der Waals surface area contributed by atoms with Crippen molar-refractivity contribution in [1.82, 2.24) is 20.1 Å². The van der Waals surface area contributed by atoms with Gasteiger partial charge in [-0.25, -0.2) is 4.98 Å². The topological polar surface area (TPSA) is 71.8 Å². The van der Waals surface area contributed by atoms with E-state index in [9.17, 15) is 4.79 Å². The summed E-state index contributed by atoms with van der Waals surface area (Å²) in [6.07, 6.45) is 7.64. The molecule has 2 aromatic carbocycles. The monoisotopic (exact) mass is 471 g/mol. The second kappa shape index (κ2) is 9.41. The first-order valence-corrected chi connectivity index (χ1v) is 11.7. The van der Waals surface area contributed by atoms with Gasteiger partial charge in [-0.15, -0.1) is 0 Å². The standard InChI is InChI=1S/C27H26ClN5O/c1-33-17-21(16-31-33)20-7-12-24(29-15-20)32-26(34)25(19-5-3-2-4-6-19)30-18-27(13-14-27)22-8-10-23(28)11-9-22/h2-12,15-17,25,30H,13-14,18H2,1H3,(H,29,32,34)/t25-/m0/s1. The zero-order valence-electron chi connectivity index (χ0n) is 18.9. The van der Waals surface area contributed by atoms with Crippen LogP contribution < -0.4 is 10.6 Å². The summed E-state index contributed by atoms with van der Waals surface area (Å²) in [6.45, 7) is 0.703. The van der Waals surface area contributed by atoms with Crippen molar-refractivity contribution in [2.24, 2.45) is 7.05 Å². The van der Waals surface area contributed by atoms with Crippen LogP contribution in [0.5, 0.6) is 0 Å². The van der Waals surface area contributed by atoms with Gasteiger partial charge in [0.05, 0.1) is 6.20 Å². The quantitative estimate of drug-likeness (QED) is 0.373. The van der Waals surface area contributed by atoms with Gasteiger partial charge in [0.25, 0.3) is 0 Å². The molecule has 0 aliphatic heterocycles. The molecule has 0 bridgehead atoms. The summed E-state index contributed by atoms with van der Waals surface area (Å²) in [5, 5.41) is 11.4. The van der Waals surface area contributed by atoms with Gasteiger partial charge in [0, 0.05) is 47.6 Å². The van der Waals surface area contributed by atoms with Crippen LogP contribution >= 0.6 is 11.6 Å². The van der Waals surface area contributed by atoms with Crippen LogP contribution in [-0.4, -0.2) is 27.2 Å². The molecule has 2 aromatic heterocycles. The fraction of sp³-hybridized carbons (Fsp3) is 0.222. The number of anilines is 1. The first-order valence-electron chi connectivity index (χ1n) is 11.3. The Labute approximate surface area is 204 Å². The maximum Gasteiger partial charge on any atom is 0.247 e. The summed E-state index contributed by atoms with van der Waals surface area (Å²) in [5.41, 5.74) is 4.14. The number of pyridine rings is 1. The second-order valence-corrected chi connectivity index (χ2v) is 9.27. The third kappa shape index (κ3) is 4.88. The number of carbonyl (C=O) groups excluding carboxylic acids is 1. The lowest BCUT2D eigenvalue weighted by Gasteiger charge is -2.23. The van der Waals surface area contributed by atoms with Gasteiger partial charge in [0.1, 0.15) is 11.9 Å². The number of aryl methyl sites for hydroxylation is 1. The van der Waals surface area contributed by atoms with Gasteiger partial charge < -0.3 is 10.6 Å². The normalized spacial score (nSPS) is 15.0. The average Bonchev–Trinajstić information content (AvgIpc) is 3.52. The number of amides is 1. The first kappa shape index (κ1) is 22.3. The Bertz CT molecular complexity index is 1260. The van der Waals surface area contributed by atoms with Gasteiger partial charge in [0.15, 0.2) is 0 Å². The van der Waals surface area contributed by atoms with Gasteiger partial charge in [-0.1, -0.05) is 54.1 Å². The maximum absolute atomic E-state index is 13.3. The van der Waals surface area contributed by atoms with Crippen molar-refractivity contribution in [3.05, 3.63) is 101 Å². The molecule has 4 aromatic rings. The van der Waals surface area contributed by atoms with Crippen LogP contribution in [0.2, 0.25) is 5.02 Å². The van der Waals surface area contributed by atoms with Crippen molar-refractivity contribution in [2.75, 3.05) is 11.9 Å². The van der Waals surface area contributed by atoms with Crippen LogP contribution in [0.4, 0.5) is 5.82 Å². The lowest BCUT2D eigenvalue weighted by Crippen LogP contribution is -2.37. The Kier molecular flexibility index (Phi) is 6.18. The van der Waals surface area contributed by atoms with Crippen molar-refractivity contribution in [3.8, 4) is 11.1 Å². The molecule has 34 heavy (non-hydrogen) atoms. The Morgan fingerprint density at radius 2 is 1.79 bits per heavy atom. The van der Waals surface area contributed by atoms with Crippen molar-refractivity contribution in [3.63, 3.8) is 0 Å². The zero-order chi connectivity index (χ0) is 23.5. The molecule has 0 radical (unpaired) electrons. The van der Waals surface area contributed by atoms with Crippen LogP contribution in [0.3, 0.4) is 0 Å². The number of hydrogen-bond donors (Lipinski definition) is 2. The van der Waals surface area contributed by atoms with E-state index in [1.54, 1.807) is 17.1 Å². The van der Waals surface area contributed by atoms with E-state index in [1.807, 2.05) is 67.8 Å². The fourth-order valence-corrected chi connectivity index (χ4v) is 4.36. The molecule has 0 unspecified atom stereocenters. The predicted molar refractivity (Wildman–Crippen MR) is 135 cm³/mol. The van der Waals surface area contributed by atoms with E-state index >= 15 is 0 Å². The third-order valence-corrected chi connectivity index (χ3v) is 6.65. The molecule has 1 atom stereocenters. The molecule has 7 heteroatoms. The molecule has 1 aliphatic rings. The highest BCUT2D eigenvalue weighted by molar-refractivity contribution is 6.30. The summed E-state index contributed by atoms with van der Waals surface area (Å²) in [4.78, 5) is 17.8. The first-order chi connectivity index (χ1) is 16.5. The number of halogens is 1. The molecular formula is C27H26ClN5O. The van der Waals surface area contributed by atoms with Crippen molar-refractivity contribution in [2.45, 2.75) is 24.3 Å². The third-order valence-electron chi connectivity index (χ3n) is 6.40. The number of carbonyl (C=O) groups is 1. The van der Waals surface area contributed by atoms with Gasteiger partial charge in [-0.05, 0) is 48.2 Å². The van der Waals surface area contributed by atoms with Gasteiger partial charge in [-0.2, -0.15) is 5.10 Å². The molecule has 5 rings (SSSR count). The molecule has 1 saturated carbocycles. The Morgan fingerprint density at radius 3 is 2.41 bits per heavy atom. The lowest BCUT2D eigenvalue weighted by molar-refractivity contribution is -0.118. The van der Waals surface area contributed by atoms with E-state index in [1.165, 1.54) is 5.56 Å². The van der Waals surface area contributed by atoms with Crippen molar-refractivity contribution < 1.29 is 4.79 Å². The highest BCUT2D eigenvalue weighted by Crippen LogP contribution is 2.48. The number of nitrogens with one attached hydrogen (secondary N) is 2. The number of hydrogen-bond acceptors (Lipinski definition) is 4. The predicted octanol–water partition coefficient (Wildman–Crippen LogP) is 5.14. The second-order valence-electron chi connectivity index (χ2n) is 8.84. The van der Waals surface area contributed by atoms with E-state index in [0.717, 1.165) is 34.6 Å². The SMILES string of the molecule is Cn1cc(-c2ccc(NC(=O)[C@@H](NCC3(c4ccc(Cl)cc4)CC3)c3ccccc3)nc2)cn1. The van der Waals surface area contributed by atoms with E-state index in [-0.39, 0.29) is 11.3 Å². The lowest BCUT2D eigenvalue weighted by atomic mass is 9.95. The van der Waals surface area contributed by atoms with Crippen LogP contribution in [0, 0.1) is 0 Å².